The molecule has 1 aromatic carbocycles. The SMILES string of the molecule is CCOCC(O)c1cc(Br)ccc1C. The van der Waals surface area contributed by atoms with E-state index in [2.05, 4.69) is 15.9 Å². The second-order valence-electron chi connectivity index (χ2n) is 3.18. The van der Waals surface area contributed by atoms with Gasteiger partial charge in [-0.3, -0.25) is 0 Å². The average molecular weight is 259 g/mol. The molecule has 0 radical (unpaired) electrons. The Morgan fingerprint density at radius 1 is 1.50 bits per heavy atom. The van der Waals surface area contributed by atoms with Crippen molar-refractivity contribution < 1.29 is 9.84 Å². The molecule has 1 N–H and O–H groups in total. The summed E-state index contributed by atoms with van der Waals surface area (Å²) in [5.41, 5.74) is 2.01. The fraction of sp³-hybridized carbons (Fsp3) is 0.455. The summed E-state index contributed by atoms with van der Waals surface area (Å²) in [6, 6.07) is 5.87. The molecule has 1 rings (SSSR count). The van der Waals surface area contributed by atoms with Crippen molar-refractivity contribution in [2.24, 2.45) is 0 Å². The van der Waals surface area contributed by atoms with E-state index in [9.17, 15) is 5.11 Å². The van der Waals surface area contributed by atoms with Crippen molar-refractivity contribution in [1.82, 2.24) is 0 Å². The highest BCUT2D eigenvalue weighted by atomic mass is 79.9. The summed E-state index contributed by atoms with van der Waals surface area (Å²) in [6.45, 7) is 4.88. The lowest BCUT2D eigenvalue weighted by Gasteiger charge is -2.13. The van der Waals surface area contributed by atoms with Crippen molar-refractivity contribution in [3.63, 3.8) is 0 Å². The van der Waals surface area contributed by atoms with E-state index >= 15 is 0 Å². The number of aliphatic hydroxyl groups excluding tert-OH is 1. The van der Waals surface area contributed by atoms with Gasteiger partial charge in [-0.15, -0.1) is 0 Å². The van der Waals surface area contributed by atoms with Gasteiger partial charge < -0.3 is 9.84 Å². The first kappa shape index (κ1) is 11.7. The highest BCUT2D eigenvalue weighted by Crippen LogP contribution is 2.22. The molecule has 0 fully saturated rings. The van der Waals surface area contributed by atoms with Gasteiger partial charge in [-0.05, 0) is 37.1 Å². The molecular formula is C11H15BrO2. The van der Waals surface area contributed by atoms with Crippen molar-refractivity contribution in [2.75, 3.05) is 13.2 Å². The molecule has 0 aliphatic heterocycles. The maximum atomic E-state index is 9.81. The third-order valence-electron chi connectivity index (χ3n) is 2.08. The molecule has 3 heteroatoms. The van der Waals surface area contributed by atoms with E-state index in [1.807, 2.05) is 32.0 Å². The number of halogens is 1. The fourth-order valence-corrected chi connectivity index (χ4v) is 1.67. The zero-order valence-corrected chi connectivity index (χ0v) is 10.0. The quantitative estimate of drug-likeness (QED) is 0.900. The molecule has 0 saturated heterocycles. The first-order valence-electron chi connectivity index (χ1n) is 4.67. The van der Waals surface area contributed by atoms with E-state index in [1.54, 1.807) is 0 Å². The van der Waals surface area contributed by atoms with Crippen LogP contribution < -0.4 is 0 Å². The molecule has 0 aromatic heterocycles. The van der Waals surface area contributed by atoms with Crippen LogP contribution in [0.3, 0.4) is 0 Å². The van der Waals surface area contributed by atoms with Gasteiger partial charge in [0.15, 0.2) is 0 Å². The minimum Gasteiger partial charge on any atom is -0.386 e. The molecule has 78 valence electrons. The van der Waals surface area contributed by atoms with Gasteiger partial charge in [0.2, 0.25) is 0 Å². The third kappa shape index (κ3) is 3.08. The van der Waals surface area contributed by atoms with Crippen molar-refractivity contribution >= 4 is 15.9 Å². The van der Waals surface area contributed by atoms with Crippen LogP contribution in [0, 0.1) is 6.92 Å². The number of hydrogen-bond donors (Lipinski definition) is 1. The second kappa shape index (κ2) is 5.49. The van der Waals surface area contributed by atoms with E-state index in [-0.39, 0.29) is 0 Å². The van der Waals surface area contributed by atoms with Crippen molar-refractivity contribution in [1.29, 1.82) is 0 Å². The Balaban J connectivity index is 2.77. The first-order valence-corrected chi connectivity index (χ1v) is 5.46. The minimum absolute atomic E-state index is 0.355. The van der Waals surface area contributed by atoms with Gasteiger partial charge in [0, 0.05) is 11.1 Å². The van der Waals surface area contributed by atoms with Gasteiger partial charge in [-0.2, -0.15) is 0 Å². The van der Waals surface area contributed by atoms with E-state index in [4.69, 9.17) is 4.74 Å². The average Bonchev–Trinajstić information content (AvgIpc) is 2.18. The monoisotopic (exact) mass is 258 g/mol. The normalized spacial score (nSPS) is 12.9. The number of aliphatic hydroxyl groups is 1. The predicted molar refractivity (Wildman–Crippen MR) is 60.3 cm³/mol. The molecular weight excluding hydrogens is 244 g/mol. The summed E-state index contributed by atoms with van der Waals surface area (Å²) in [5, 5.41) is 9.81. The minimum atomic E-state index is -0.535. The van der Waals surface area contributed by atoms with Crippen LogP contribution in [0.4, 0.5) is 0 Å². The first-order chi connectivity index (χ1) is 6.65. The van der Waals surface area contributed by atoms with Crippen molar-refractivity contribution in [2.45, 2.75) is 20.0 Å². The Labute approximate surface area is 93.0 Å². The highest BCUT2D eigenvalue weighted by Gasteiger charge is 2.10. The fourth-order valence-electron chi connectivity index (χ4n) is 1.29. The zero-order valence-electron chi connectivity index (χ0n) is 8.46. The lowest BCUT2D eigenvalue weighted by molar-refractivity contribution is 0.0417. The summed E-state index contributed by atoms with van der Waals surface area (Å²) in [7, 11) is 0. The molecule has 1 atom stereocenters. The topological polar surface area (TPSA) is 29.5 Å². The molecule has 0 heterocycles. The maximum Gasteiger partial charge on any atom is 0.103 e. The van der Waals surface area contributed by atoms with Crippen LogP contribution in [0.2, 0.25) is 0 Å². The molecule has 2 nitrogen and oxygen atoms in total. The number of hydrogen-bond acceptors (Lipinski definition) is 2. The van der Waals surface area contributed by atoms with Crippen LogP contribution in [0.15, 0.2) is 22.7 Å². The molecule has 0 aliphatic carbocycles. The lowest BCUT2D eigenvalue weighted by atomic mass is 10.0. The van der Waals surface area contributed by atoms with Crippen LogP contribution in [-0.4, -0.2) is 18.3 Å². The second-order valence-corrected chi connectivity index (χ2v) is 4.09. The Kier molecular flexibility index (Phi) is 4.58. The number of benzene rings is 1. The van der Waals surface area contributed by atoms with E-state index in [1.165, 1.54) is 0 Å². The van der Waals surface area contributed by atoms with Gasteiger partial charge in [0.1, 0.15) is 6.10 Å². The summed E-state index contributed by atoms with van der Waals surface area (Å²) < 4.78 is 6.16. The Bertz CT molecular complexity index is 299. The largest absolute Gasteiger partial charge is 0.386 e. The Morgan fingerprint density at radius 2 is 2.21 bits per heavy atom. The standard InChI is InChI=1S/C11H15BrO2/c1-3-14-7-11(13)10-6-9(12)5-4-8(10)2/h4-6,11,13H,3,7H2,1-2H3. The van der Waals surface area contributed by atoms with Crippen LogP contribution >= 0.6 is 15.9 Å². The van der Waals surface area contributed by atoms with Crippen LogP contribution in [0.5, 0.6) is 0 Å². The molecule has 1 aromatic rings. The summed E-state index contributed by atoms with van der Waals surface area (Å²) in [4.78, 5) is 0. The molecule has 0 spiro atoms. The van der Waals surface area contributed by atoms with Gasteiger partial charge >= 0.3 is 0 Å². The molecule has 1 unspecified atom stereocenters. The smallest absolute Gasteiger partial charge is 0.103 e. The van der Waals surface area contributed by atoms with Gasteiger partial charge in [-0.25, -0.2) is 0 Å². The van der Waals surface area contributed by atoms with Crippen molar-refractivity contribution in [3.05, 3.63) is 33.8 Å². The van der Waals surface area contributed by atoms with Crippen LogP contribution in [-0.2, 0) is 4.74 Å². The van der Waals surface area contributed by atoms with Crippen LogP contribution in [0.25, 0.3) is 0 Å². The molecule has 0 aliphatic rings. The molecule has 0 bridgehead atoms. The van der Waals surface area contributed by atoms with Gasteiger partial charge in [0.25, 0.3) is 0 Å². The Hall–Kier alpha value is -0.380. The summed E-state index contributed by atoms with van der Waals surface area (Å²) in [6.07, 6.45) is -0.535. The van der Waals surface area contributed by atoms with E-state index in [0.29, 0.717) is 13.2 Å². The summed E-state index contributed by atoms with van der Waals surface area (Å²) in [5.74, 6) is 0. The molecule has 0 amide bonds. The van der Waals surface area contributed by atoms with Gasteiger partial charge in [-0.1, -0.05) is 22.0 Å². The van der Waals surface area contributed by atoms with Crippen molar-refractivity contribution in [3.8, 4) is 0 Å². The van der Waals surface area contributed by atoms with Gasteiger partial charge in [0.05, 0.1) is 6.61 Å². The van der Waals surface area contributed by atoms with E-state index < -0.39 is 6.10 Å². The van der Waals surface area contributed by atoms with Crippen LogP contribution in [0.1, 0.15) is 24.2 Å². The highest BCUT2D eigenvalue weighted by molar-refractivity contribution is 9.10. The molecule has 14 heavy (non-hydrogen) atoms. The number of aryl methyl sites for hydroxylation is 1. The summed E-state index contributed by atoms with van der Waals surface area (Å²) >= 11 is 3.38. The maximum absolute atomic E-state index is 9.81. The lowest BCUT2D eigenvalue weighted by Crippen LogP contribution is -2.08. The zero-order chi connectivity index (χ0) is 10.6. The third-order valence-corrected chi connectivity index (χ3v) is 2.57. The number of ether oxygens (including phenoxy) is 1. The number of rotatable bonds is 4. The molecule has 0 saturated carbocycles. The van der Waals surface area contributed by atoms with E-state index in [0.717, 1.165) is 15.6 Å². The predicted octanol–water partition coefficient (Wildman–Crippen LogP) is 2.83. The Morgan fingerprint density at radius 3 is 2.86 bits per heavy atom.